The lowest BCUT2D eigenvalue weighted by Crippen LogP contribution is -2.39. The minimum atomic E-state index is 0.161. The van der Waals surface area contributed by atoms with Gasteiger partial charge in [-0.15, -0.1) is 10.2 Å². The topological polar surface area (TPSA) is 51.0 Å². The molecule has 1 aromatic heterocycles. The van der Waals surface area contributed by atoms with Crippen molar-refractivity contribution in [2.24, 2.45) is 5.92 Å². The Morgan fingerprint density at radius 2 is 1.90 bits per heavy atom. The first kappa shape index (κ1) is 20.0. The van der Waals surface area contributed by atoms with Crippen LogP contribution in [0.3, 0.4) is 0 Å². The van der Waals surface area contributed by atoms with Gasteiger partial charge in [0.1, 0.15) is 6.33 Å². The number of thioether (sulfide) groups is 1. The van der Waals surface area contributed by atoms with E-state index >= 15 is 0 Å². The number of piperidine rings is 1. The second-order valence-corrected chi connectivity index (χ2v) is 8.64. The van der Waals surface area contributed by atoms with Crippen LogP contribution in [0, 0.1) is 5.92 Å². The van der Waals surface area contributed by atoms with E-state index in [1.807, 2.05) is 33.7 Å². The highest BCUT2D eigenvalue weighted by molar-refractivity contribution is 7.99. The molecular formula is C22H23ClN4OS. The van der Waals surface area contributed by atoms with Gasteiger partial charge in [0.15, 0.2) is 5.16 Å². The van der Waals surface area contributed by atoms with Crippen LogP contribution in [-0.4, -0.2) is 44.4 Å². The Labute approximate surface area is 180 Å². The average molecular weight is 427 g/mol. The van der Waals surface area contributed by atoms with E-state index in [2.05, 4.69) is 40.5 Å². The minimum absolute atomic E-state index is 0.161. The van der Waals surface area contributed by atoms with E-state index in [0.29, 0.717) is 21.8 Å². The molecule has 29 heavy (non-hydrogen) atoms. The van der Waals surface area contributed by atoms with Crippen molar-refractivity contribution >= 4 is 29.3 Å². The average Bonchev–Trinajstić information content (AvgIpc) is 3.22. The second kappa shape index (κ2) is 9.46. The van der Waals surface area contributed by atoms with Gasteiger partial charge in [-0.2, -0.15) is 0 Å². The summed E-state index contributed by atoms with van der Waals surface area (Å²) in [6, 6.07) is 18.1. The summed E-state index contributed by atoms with van der Waals surface area (Å²) < 4.78 is 1.86. The summed E-state index contributed by atoms with van der Waals surface area (Å²) in [4.78, 5) is 14.7. The monoisotopic (exact) mass is 426 g/mol. The lowest BCUT2D eigenvalue weighted by Gasteiger charge is -2.32. The summed E-state index contributed by atoms with van der Waals surface area (Å²) >= 11 is 7.50. The fourth-order valence-corrected chi connectivity index (χ4v) is 4.69. The molecule has 0 unspecified atom stereocenters. The quantitative estimate of drug-likeness (QED) is 0.545. The van der Waals surface area contributed by atoms with Crippen LogP contribution < -0.4 is 0 Å². The third kappa shape index (κ3) is 5.19. The van der Waals surface area contributed by atoms with E-state index in [1.54, 1.807) is 6.33 Å². The van der Waals surface area contributed by atoms with Gasteiger partial charge in [-0.3, -0.25) is 9.36 Å². The molecular weight excluding hydrogens is 404 g/mol. The van der Waals surface area contributed by atoms with Gasteiger partial charge < -0.3 is 4.90 Å². The maximum atomic E-state index is 12.7. The summed E-state index contributed by atoms with van der Waals surface area (Å²) in [6.45, 7) is 1.66. The summed E-state index contributed by atoms with van der Waals surface area (Å²) in [5, 5.41) is 9.50. The highest BCUT2D eigenvalue weighted by Gasteiger charge is 2.23. The fraction of sp³-hybridized carbons (Fsp3) is 0.318. The lowest BCUT2D eigenvalue weighted by atomic mass is 9.90. The molecule has 0 aliphatic carbocycles. The lowest BCUT2D eigenvalue weighted by molar-refractivity contribution is -0.129. The second-order valence-electron chi connectivity index (χ2n) is 7.27. The molecule has 3 aromatic rings. The van der Waals surface area contributed by atoms with Crippen molar-refractivity contribution in [2.45, 2.75) is 24.4 Å². The van der Waals surface area contributed by atoms with Crippen molar-refractivity contribution < 1.29 is 4.79 Å². The molecule has 7 heteroatoms. The Bertz CT molecular complexity index is 954. The van der Waals surface area contributed by atoms with Crippen molar-refractivity contribution in [1.82, 2.24) is 19.7 Å². The molecule has 0 N–H and O–H groups in total. The largest absolute Gasteiger partial charge is 0.342 e. The van der Waals surface area contributed by atoms with Crippen LogP contribution in [0.5, 0.6) is 0 Å². The first-order valence-corrected chi connectivity index (χ1v) is 11.2. The van der Waals surface area contributed by atoms with Crippen LogP contribution in [0.4, 0.5) is 0 Å². The number of carbonyl (C=O) groups excluding carboxylic acids is 1. The van der Waals surface area contributed by atoms with Crippen molar-refractivity contribution in [3.05, 3.63) is 71.5 Å². The fourth-order valence-electron chi connectivity index (χ4n) is 3.68. The van der Waals surface area contributed by atoms with E-state index in [9.17, 15) is 4.79 Å². The van der Waals surface area contributed by atoms with E-state index in [4.69, 9.17) is 11.6 Å². The number of benzene rings is 2. The van der Waals surface area contributed by atoms with Crippen molar-refractivity contribution in [1.29, 1.82) is 0 Å². The van der Waals surface area contributed by atoms with Gasteiger partial charge in [0, 0.05) is 18.1 Å². The summed E-state index contributed by atoms with van der Waals surface area (Å²) in [7, 11) is 0. The van der Waals surface area contributed by atoms with E-state index in [0.717, 1.165) is 38.0 Å². The number of rotatable bonds is 6. The highest BCUT2D eigenvalue weighted by Crippen LogP contribution is 2.25. The van der Waals surface area contributed by atoms with Gasteiger partial charge in [0.05, 0.1) is 11.4 Å². The Morgan fingerprint density at radius 1 is 1.10 bits per heavy atom. The Kier molecular flexibility index (Phi) is 6.52. The molecule has 0 spiro atoms. The van der Waals surface area contributed by atoms with Crippen molar-refractivity contribution in [3.63, 3.8) is 0 Å². The van der Waals surface area contributed by atoms with E-state index in [1.165, 1.54) is 17.3 Å². The first-order chi connectivity index (χ1) is 14.2. The normalized spacial score (nSPS) is 14.9. The molecule has 1 aliphatic heterocycles. The first-order valence-electron chi connectivity index (χ1n) is 9.79. The van der Waals surface area contributed by atoms with Gasteiger partial charge >= 0.3 is 0 Å². The zero-order chi connectivity index (χ0) is 20.1. The van der Waals surface area contributed by atoms with Gasteiger partial charge in [0.25, 0.3) is 0 Å². The SMILES string of the molecule is O=C(CSc1nncn1-c1cccc(Cl)c1)N1CCC(Cc2ccccc2)CC1. The number of hydrogen-bond acceptors (Lipinski definition) is 4. The highest BCUT2D eigenvalue weighted by atomic mass is 35.5. The molecule has 1 amide bonds. The summed E-state index contributed by atoms with van der Waals surface area (Å²) in [5.74, 6) is 1.18. The summed E-state index contributed by atoms with van der Waals surface area (Å²) in [6.07, 6.45) is 4.86. The smallest absolute Gasteiger partial charge is 0.233 e. The van der Waals surface area contributed by atoms with Gasteiger partial charge in [-0.1, -0.05) is 59.8 Å². The molecule has 0 saturated carbocycles. The molecule has 4 rings (SSSR count). The third-order valence-corrected chi connectivity index (χ3v) is 6.42. The third-order valence-electron chi connectivity index (χ3n) is 5.26. The van der Waals surface area contributed by atoms with Crippen molar-refractivity contribution in [2.75, 3.05) is 18.8 Å². The van der Waals surface area contributed by atoms with Crippen molar-refractivity contribution in [3.8, 4) is 5.69 Å². The molecule has 0 radical (unpaired) electrons. The number of nitrogens with zero attached hydrogens (tertiary/aromatic N) is 4. The molecule has 0 bridgehead atoms. The molecule has 2 heterocycles. The molecule has 1 aliphatic rings. The van der Waals surface area contributed by atoms with Crippen LogP contribution >= 0.6 is 23.4 Å². The zero-order valence-electron chi connectivity index (χ0n) is 16.1. The standard InChI is InChI=1S/C22H23ClN4OS/c23-19-7-4-8-20(14-19)27-16-24-25-22(27)29-15-21(28)26-11-9-18(10-12-26)13-17-5-2-1-3-6-17/h1-8,14,16,18H,9-13,15H2. The Morgan fingerprint density at radius 3 is 2.66 bits per heavy atom. The van der Waals surface area contributed by atoms with Crippen LogP contribution in [0.15, 0.2) is 66.1 Å². The summed E-state index contributed by atoms with van der Waals surface area (Å²) in [5.41, 5.74) is 2.27. The van der Waals surface area contributed by atoms with Gasteiger partial charge in [0.2, 0.25) is 5.91 Å². The number of amides is 1. The number of likely N-dealkylation sites (tertiary alicyclic amines) is 1. The predicted octanol–water partition coefficient (Wildman–Crippen LogP) is 4.49. The van der Waals surface area contributed by atoms with E-state index < -0.39 is 0 Å². The number of aromatic nitrogens is 3. The Balaban J connectivity index is 1.29. The molecule has 5 nitrogen and oxygen atoms in total. The molecule has 1 fully saturated rings. The van der Waals surface area contributed by atoms with Crippen LogP contribution in [0.2, 0.25) is 5.02 Å². The van der Waals surface area contributed by atoms with E-state index in [-0.39, 0.29) is 5.91 Å². The molecule has 0 atom stereocenters. The van der Waals surface area contributed by atoms with Crippen LogP contribution in [-0.2, 0) is 11.2 Å². The maximum absolute atomic E-state index is 12.7. The molecule has 2 aromatic carbocycles. The molecule has 1 saturated heterocycles. The molecule has 150 valence electrons. The van der Waals surface area contributed by atoms with Crippen LogP contribution in [0.1, 0.15) is 18.4 Å². The Hall–Kier alpha value is -2.31. The maximum Gasteiger partial charge on any atom is 0.233 e. The van der Waals surface area contributed by atoms with Gasteiger partial charge in [-0.25, -0.2) is 0 Å². The van der Waals surface area contributed by atoms with Crippen LogP contribution in [0.25, 0.3) is 5.69 Å². The zero-order valence-corrected chi connectivity index (χ0v) is 17.6. The van der Waals surface area contributed by atoms with Gasteiger partial charge in [-0.05, 0) is 48.9 Å². The minimum Gasteiger partial charge on any atom is -0.342 e. The number of hydrogen-bond donors (Lipinski definition) is 0. The predicted molar refractivity (Wildman–Crippen MR) is 117 cm³/mol. The number of halogens is 1. The number of carbonyl (C=O) groups is 1.